The summed E-state index contributed by atoms with van der Waals surface area (Å²) in [7, 11) is 1.77. The zero-order valence-corrected chi connectivity index (χ0v) is 12.5. The third-order valence-electron chi connectivity index (χ3n) is 3.58. The van der Waals surface area contributed by atoms with E-state index in [9.17, 15) is 0 Å². The zero-order chi connectivity index (χ0) is 13.5. The molecule has 1 unspecified atom stereocenters. The van der Waals surface area contributed by atoms with Crippen LogP contribution < -0.4 is 5.32 Å². The Morgan fingerprint density at radius 2 is 2.06 bits per heavy atom. The quantitative estimate of drug-likeness (QED) is 0.769. The van der Waals surface area contributed by atoms with Gasteiger partial charge in [-0.05, 0) is 38.8 Å². The van der Waals surface area contributed by atoms with Gasteiger partial charge in [0.2, 0.25) is 0 Å². The van der Waals surface area contributed by atoms with E-state index in [4.69, 9.17) is 4.74 Å². The molecule has 0 saturated carbocycles. The summed E-state index contributed by atoms with van der Waals surface area (Å²) in [4.78, 5) is 0. The predicted molar refractivity (Wildman–Crippen MR) is 77.0 cm³/mol. The van der Waals surface area contributed by atoms with E-state index >= 15 is 0 Å². The van der Waals surface area contributed by atoms with Crippen molar-refractivity contribution in [3.8, 4) is 0 Å². The van der Waals surface area contributed by atoms with Crippen LogP contribution in [0.15, 0.2) is 6.07 Å². The summed E-state index contributed by atoms with van der Waals surface area (Å²) < 4.78 is 7.62. The molecule has 104 valence electrons. The fraction of sp³-hybridized carbons (Fsp3) is 0.733. The van der Waals surface area contributed by atoms with Gasteiger partial charge < -0.3 is 14.6 Å². The molecular weight excluding hydrogens is 224 g/mol. The van der Waals surface area contributed by atoms with Crippen molar-refractivity contribution in [2.45, 2.75) is 59.7 Å². The van der Waals surface area contributed by atoms with E-state index in [2.05, 4.69) is 43.6 Å². The molecule has 0 aliphatic rings. The Morgan fingerprint density at radius 1 is 1.33 bits per heavy atom. The lowest BCUT2D eigenvalue weighted by Crippen LogP contribution is -2.32. The SMILES string of the molecule is CCCC(COC)NCc1cc(C)n(CC)c1C. The summed E-state index contributed by atoms with van der Waals surface area (Å²) >= 11 is 0. The van der Waals surface area contributed by atoms with E-state index < -0.39 is 0 Å². The highest BCUT2D eigenvalue weighted by Crippen LogP contribution is 2.15. The summed E-state index contributed by atoms with van der Waals surface area (Å²) in [5.74, 6) is 0. The van der Waals surface area contributed by atoms with Crippen LogP contribution in [0.2, 0.25) is 0 Å². The average Bonchev–Trinajstić information content (AvgIpc) is 2.61. The van der Waals surface area contributed by atoms with Crippen LogP contribution in [-0.4, -0.2) is 24.3 Å². The van der Waals surface area contributed by atoms with Crippen molar-refractivity contribution >= 4 is 0 Å². The van der Waals surface area contributed by atoms with Crippen LogP contribution in [0.25, 0.3) is 0 Å². The molecule has 0 aliphatic carbocycles. The minimum absolute atomic E-state index is 0.463. The van der Waals surface area contributed by atoms with Crippen molar-refractivity contribution in [2.75, 3.05) is 13.7 Å². The van der Waals surface area contributed by atoms with Gasteiger partial charge in [-0.15, -0.1) is 0 Å². The number of hydrogen-bond donors (Lipinski definition) is 1. The molecule has 0 aromatic carbocycles. The standard InChI is InChI=1S/C15H28N2O/c1-6-8-15(11-18-5)16-10-14-9-12(3)17(7-2)13(14)4/h9,15-16H,6-8,10-11H2,1-5H3. The molecule has 1 N–H and O–H groups in total. The van der Waals surface area contributed by atoms with Crippen molar-refractivity contribution in [3.05, 3.63) is 23.0 Å². The summed E-state index contributed by atoms with van der Waals surface area (Å²) in [6, 6.07) is 2.76. The summed E-state index contributed by atoms with van der Waals surface area (Å²) in [6.07, 6.45) is 2.36. The van der Waals surface area contributed by atoms with E-state index in [1.54, 1.807) is 7.11 Å². The zero-order valence-electron chi connectivity index (χ0n) is 12.5. The van der Waals surface area contributed by atoms with Crippen molar-refractivity contribution in [2.24, 2.45) is 0 Å². The molecule has 0 fully saturated rings. The Kier molecular flexibility index (Phi) is 6.44. The van der Waals surface area contributed by atoms with Crippen LogP contribution in [0, 0.1) is 13.8 Å². The number of aromatic nitrogens is 1. The van der Waals surface area contributed by atoms with Gasteiger partial charge in [0, 0.05) is 37.6 Å². The molecule has 0 spiro atoms. The predicted octanol–water partition coefficient (Wildman–Crippen LogP) is 3.03. The van der Waals surface area contributed by atoms with Crippen LogP contribution in [0.5, 0.6) is 0 Å². The average molecular weight is 252 g/mol. The molecule has 0 bridgehead atoms. The van der Waals surface area contributed by atoms with Gasteiger partial charge in [0.05, 0.1) is 6.61 Å². The monoisotopic (exact) mass is 252 g/mol. The van der Waals surface area contributed by atoms with E-state index in [1.165, 1.54) is 29.8 Å². The molecule has 0 aliphatic heterocycles. The Morgan fingerprint density at radius 3 is 2.56 bits per heavy atom. The van der Waals surface area contributed by atoms with E-state index in [-0.39, 0.29) is 0 Å². The van der Waals surface area contributed by atoms with Gasteiger partial charge in [0.25, 0.3) is 0 Å². The molecule has 0 radical (unpaired) electrons. The molecule has 1 atom stereocenters. The largest absolute Gasteiger partial charge is 0.383 e. The van der Waals surface area contributed by atoms with Gasteiger partial charge in [-0.1, -0.05) is 13.3 Å². The number of ether oxygens (including phenoxy) is 1. The minimum atomic E-state index is 0.463. The lowest BCUT2D eigenvalue weighted by Gasteiger charge is -2.17. The topological polar surface area (TPSA) is 26.2 Å². The summed E-state index contributed by atoms with van der Waals surface area (Å²) in [6.45, 7) is 11.6. The third-order valence-corrected chi connectivity index (χ3v) is 3.58. The van der Waals surface area contributed by atoms with E-state index in [0.717, 1.165) is 19.7 Å². The molecule has 0 amide bonds. The third kappa shape index (κ3) is 3.85. The maximum Gasteiger partial charge on any atom is 0.0615 e. The summed E-state index contributed by atoms with van der Waals surface area (Å²) in [5.41, 5.74) is 4.15. The molecule has 3 heteroatoms. The van der Waals surface area contributed by atoms with Crippen LogP contribution in [0.1, 0.15) is 43.6 Å². The fourth-order valence-corrected chi connectivity index (χ4v) is 2.59. The normalized spacial score (nSPS) is 12.9. The number of methoxy groups -OCH3 is 1. The van der Waals surface area contributed by atoms with Gasteiger partial charge in [-0.25, -0.2) is 0 Å². The number of rotatable bonds is 8. The molecule has 1 rings (SSSR count). The van der Waals surface area contributed by atoms with Gasteiger partial charge in [-0.3, -0.25) is 0 Å². The first-order chi connectivity index (χ1) is 8.63. The highest BCUT2D eigenvalue weighted by molar-refractivity contribution is 5.26. The fourth-order valence-electron chi connectivity index (χ4n) is 2.59. The van der Waals surface area contributed by atoms with Gasteiger partial charge >= 0.3 is 0 Å². The Labute approximate surface area is 112 Å². The van der Waals surface area contributed by atoms with Crippen molar-refractivity contribution < 1.29 is 4.74 Å². The van der Waals surface area contributed by atoms with Crippen molar-refractivity contribution in [1.29, 1.82) is 0 Å². The first-order valence-corrected chi connectivity index (χ1v) is 7.01. The number of nitrogens with one attached hydrogen (secondary N) is 1. The van der Waals surface area contributed by atoms with Crippen molar-refractivity contribution in [3.63, 3.8) is 0 Å². The lowest BCUT2D eigenvalue weighted by atomic mass is 10.1. The highest BCUT2D eigenvalue weighted by atomic mass is 16.5. The Balaban J connectivity index is 2.61. The Bertz CT molecular complexity index is 352. The first kappa shape index (κ1) is 15.3. The first-order valence-electron chi connectivity index (χ1n) is 7.01. The molecular formula is C15H28N2O. The molecule has 1 heterocycles. The lowest BCUT2D eigenvalue weighted by molar-refractivity contribution is 0.161. The van der Waals surface area contributed by atoms with Crippen LogP contribution in [0.3, 0.4) is 0 Å². The smallest absolute Gasteiger partial charge is 0.0615 e. The maximum atomic E-state index is 5.26. The van der Waals surface area contributed by atoms with E-state index in [1.807, 2.05) is 0 Å². The molecule has 1 aromatic rings. The second-order valence-corrected chi connectivity index (χ2v) is 4.96. The van der Waals surface area contributed by atoms with Crippen LogP contribution >= 0.6 is 0 Å². The number of hydrogen-bond acceptors (Lipinski definition) is 2. The Hall–Kier alpha value is -0.800. The minimum Gasteiger partial charge on any atom is -0.383 e. The molecule has 18 heavy (non-hydrogen) atoms. The van der Waals surface area contributed by atoms with Gasteiger partial charge in [0.1, 0.15) is 0 Å². The molecule has 3 nitrogen and oxygen atoms in total. The van der Waals surface area contributed by atoms with Crippen LogP contribution in [0.4, 0.5) is 0 Å². The maximum absolute atomic E-state index is 5.26. The van der Waals surface area contributed by atoms with Gasteiger partial charge in [0.15, 0.2) is 0 Å². The molecule has 0 saturated heterocycles. The summed E-state index contributed by atoms with van der Waals surface area (Å²) in [5, 5.41) is 3.61. The van der Waals surface area contributed by atoms with Crippen molar-refractivity contribution in [1.82, 2.24) is 9.88 Å². The highest BCUT2D eigenvalue weighted by Gasteiger charge is 2.10. The molecule has 1 aromatic heterocycles. The second-order valence-electron chi connectivity index (χ2n) is 4.96. The van der Waals surface area contributed by atoms with Gasteiger partial charge in [-0.2, -0.15) is 0 Å². The van der Waals surface area contributed by atoms with E-state index in [0.29, 0.717) is 6.04 Å². The number of nitrogens with zero attached hydrogens (tertiary/aromatic N) is 1. The van der Waals surface area contributed by atoms with Crippen LogP contribution in [-0.2, 0) is 17.8 Å². The second kappa shape index (κ2) is 7.59. The number of aryl methyl sites for hydroxylation is 1.